The average molecular weight is 428 g/mol. The van der Waals surface area contributed by atoms with Crippen LogP contribution in [0.1, 0.15) is 17.3 Å². The lowest BCUT2D eigenvalue weighted by molar-refractivity contribution is -0.126. The Morgan fingerprint density at radius 2 is 1.89 bits per heavy atom. The van der Waals surface area contributed by atoms with Crippen LogP contribution in [0.4, 0.5) is 5.69 Å². The second kappa shape index (κ2) is 8.18. The minimum atomic E-state index is -0.912. The van der Waals surface area contributed by atoms with Crippen LogP contribution in [0.2, 0.25) is 0 Å². The summed E-state index contributed by atoms with van der Waals surface area (Å²) in [7, 11) is 1.65. The zero-order valence-corrected chi connectivity index (χ0v) is 16.5. The third kappa shape index (κ3) is 4.43. The molecule has 0 spiro atoms. The van der Waals surface area contributed by atoms with E-state index in [4.69, 9.17) is 4.74 Å². The van der Waals surface area contributed by atoms with Crippen LogP contribution in [0.3, 0.4) is 0 Å². The van der Waals surface area contributed by atoms with E-state index in [9.17, 15) is 9.59 Å². The van der Waals surface area contributed by atoms with Crippen LogP contribution < -0.4 is 4.90 Å². The van der Waals surface area contributed by atoms with E-state index >= 15 is 0 Å². The van der Waals surface area contributed by atoms with Crippen LogP contribution in [0.25, 0.3) is 5.69 Å². The van der Waals surface area contributed by atoms with Gasteiger partial charge in [0.15, 0.2) is 6.10 Å². The zero-order chi connectivity index (χ0) is 19.4. The molecule has 1 amide bonds. The van der Waals surface area contributed by atoms with Crippen LogP contribution >= 0.6 is 15.9 Å². The number of aromatic nitrogens is 2. The van der Waals surface area contributed by atoms with Gasteiger partial charge in [-0.25, -0.2) is 9.48 Å². The number of carbonyl (C=O) groups is 2. The second-order valence-corrected chi connectivity index (χ2v) is 6.85. The summed E-state index contributed by atoms with van der Waals surface area (Å²) >= 11 is 3.34. The SMILES string of the molecule is C[C@H](OC(=O)c1cccc(-n2cc(Br)cn2)c1)C(=O)N(C)c1ccccc1. The molecule has 3 rings (SSSR count). The lowest BCUT2D eigenvalue weighted by Crippen LogP contribution is -2.37. The summed E-state index contributed by atoms with van der Waals surface area (Å²) in [5.41, 5.74) is 1.80. The van der Waals surface area contributed by atoms with Crippen LogP contribution in [0.5, 0.6) is 0 Å². The maximum Gasteiger partial charge on any atom is 0.338 e. The maximum atomic E-state index is 12.5. The number of nitrogens with zero attached hydrogens (tertiary/aromatic N) is 3. The summed E-state index contributed by atoms with van der Waals surface area (Å²) in [5, 5.41) is 4.19. The van der Waals surface area contributed by atoms with Gasteiger partial charge in [0.25, 0.3) is 5.91 Å². The minimum Gasteiger partial charge on any atom is -0.449 e. The molecule has 27 heavy (non-hydrogen) atoms. The number of hydrogen-bond acceptors (Lipinski definition) is 4. The van der Waals surface area contributed by atoms with Gasteiger partial charge in [0, 0.05) is 18.9 Å². The maximum absolute atomic E-state index is 12.5. The Morgan fingerprint density at radius 1 is 1.15 bits per heavy atom. The smallest absolute Gasteiger partial charge is 0.338 e. The summed E-state index contributed by atoms with van der Waals surface area (Å²) in [5.74, 6) is -0.868. The van der Waals surface area contributed by atoms with Crippen molar-refractivity contribution in [3.05, 3.63) is 77.0 Å². The van der Waals surface area contributed by atoms with E-state index in [1.54, 1.807) is 49.2 Å². The highest BCUT2D eigenvalue weighted by molar-refractivity contribution is 9.10. The van der Waals surface area contributed by atoms with Crippen molar-refractivity contribution in [2.75, 3.05) is 11.9 Å². The van der Waals surface area contributed by atoms with Gasteiger partial charge in [0.05, 0.1) is 21.9 Å². The van der Waals surface area contributed by atoms with Gasteiger partial charge in [0.2, 0.25) is 0 Å². The number of ether oxygens (including phenoxy) is 1. The molecule has 0 aliphatic rings. The zero-order valence-electron chi connectivity index (χ0n) is 14.9. The molecular formula is C20H18BrN3O3. The molecule has 138 valence electrons. The van der Waals surface area contributed by atoms with E-state index in [-0.39, 0.29) is 5.91 Å². The molecule has 0 radical (unpaired) electrons. The lowest BCUT2D eigenvalue weighted by Gasteiger charge is -2.21. The highest BCUT2D eigenvalue weighted by Crippen LogP contribution is 2.16. The fourth-order valence-electron chi connectivity index (χ4n) is 2.55. The van der Waals surface area contributed by atoms with Gasteiger partial charge in [0.1, 0.15) is 0 Å². The number of carbonyl (C=O) groups excluding carboxylic acids is 2. The molecule has 7 heteroatoms. The van der Waals surface area contributed by atoms with E-state index in [1.807, 2.05) is 36.4 Å². The quantitative estimate of drug-likeness (QED) is 0.580. The van der Waals surface area contributed by atoms with Crippen molar-refractivity contribution < 1.29 is 14.3 Å². The number of esters is 1. The molecule has 1 atom stereocenters. The highest BCUT2D eigenvalue weighted by atomic mass is 79.9. The van der Waals surface area contributed by atoms with Gasteiger partial charge in [-0.05, 0) is 53.2 Å². The Labute approximate surface area is 165 Å². The number of hydrogen-bond donors (Lipinski definition) is 0. The molecule has 0 N–H and O–H groups in total. The molecule has 0 bridgehead atoms. The number of anilines is 1. The fourth-order valence-corrected chi connectivity index (χ4v) is 2.83. The van der Waals surface area contributed by atoms with Gasteiger partial charge >= 0.3 is 5.97 Å². The van der Waals surface area contributed by atoms with Gasteiger partial charge in [-0.2, -0.15) is 5.10 Å². The van der Waals surface area contributed by atoms with Gasteiger partial charge in [-0.15, -0.1) is 0 Å². The van der Waals surface area contributed by atoms with Crippen LogP contribution in [0.15, 0.2) is 71.5 Å². The van der Waals surface area contributed by atoms with Crippen LogP contribution in [-0.4, -0.2) is 34.8 Å². The number of amides is 1. The highest BCUT2D eigenvalue weighted by Gasteiger charge is 2.23. The summed E-state index contributed by atoms with van der Waals surface area (Å²) in [6.45, 7) is 1.56. The van der Waals surface area contributed by atoms with Crippen molar-refractivity contribution in [3.8, 4) is 5.69 Å². The Kier molecular flexibility index (Phi) is 5.71. The fraction of sp³-hybridized carbons (Fsp3) is 0.150. The van der Waals surface area contributed by atoms with E-state index in [0.29, 0.717) is 5.56 Å². The molecule has 3 aromatic rings. The molecule has 0 aliphatic heterocycles. The number of para-hydroxylation sites is 1. The molecule has 2 aromatic carbocycles. The molecule has 0 fully saturated rings. The van der Waals surface area contributed by atoms with Crippen LogP contribution in [0, 0.1) is 0 Å². The van der Waals surface area contributed by atoms with Crippen molar-refractivity contribution in [1.82, 2.24) is 9.78 Å². The van der Waals surface area contributed by atoms with E-state index in [1.165, 1.54) is 4.90 Å². The molecule has 1 heterocycles. The third-order valence-corrected chi connectivity index (χ3v) is 4.41. The Bertz CT molecular complexity index is 956. The first-order valence-electron chi connectivity index (χ1n) is 8.30. The molecule has 6 nitrogen and oxygen atoms in total. The summed E-state index contributed by atoms with van der Waals surface area (Å²) in [6, 6.07) is 16.1. The Balaban J connectivity index is 1.70. The van der Waals surface area contributed by atoms with E-state index in [2.05, 4.69) is 21.0 Å². The van der Waals surface area contributed by atoms with E-state index < -0.39 is 12.1 Å². The predicted octanol–water partition coefficient (Wildman–Crippen LogP) is 3.84. The first-order chi connectivity index (χ1) is 13.0. The molecular weight excluding hydrogens is 410 g/mol. The van der Waals surface area contributed by atoms with Gasteiger partial charge in [-0.1, -0.05) is 24.3 Å². The van der Waals surface area contributed by atoms with Gasteiger partial charge < -0.3 is 9.64 Å². The predicted molar refractivity (Wildman–Crippen MR) is 106 cm³/mol. The number of likely N-dealkylation sites (N-methyl/N-ethyl adjacent to an activating group) is 1. The van der Waals surface area contributed by atoms with Crippen molar-refractivity contribution >= 4 is 33.5 Å². The monoisotopic (exact) mass is 427 g/mol. The Hall–Kier alpha value is -2.93. The summed E-state index contributed by atoms with van der Waals surface area (Å²) in [4.78, 5) is 26.5. The molecule has 0 saturated heterocycles. The largest absolute Gasteiger partial charge is 0.449 e. The van der Waals surface area contributed by atoms with Crippen molar-refractivity contribution in [2.24, 2.45) is 0 Å². The van der Waals surface area contributed by atoms with Crippen molar-refractivity contribution in [3.63, 3.8) is 0 Å². The standard InChI is InChI=1S/C20H18BrN3O3/c1-14(19(25)23(2)17-8-4-3-5-9-17)27-20(26)15-7-6-10-18(11-15)24-13-16(21)12-22-24/h3-14H,1-2H3/t14-/m0/s1. The molecule has 0 unspecified atom stereocenters. The first-order valence-corrected chi connectivity index (χ1v) is 9.09. The minimum absolute atomic E-state index is 0.304. The molecule has 0 saturated carbocycles. The van der Waals surface area contributed by atoms with E-state index in [0.717, 1.165) is 15.8 Å². The third-order valence-electron chi connectivity index (χ3n) is 4.00. The Morgan fingerprint density at radius 3 is 2.56 bits per heavy atom. The first kappa shape index (κ1) is 18.8. The van der Waals surface area contributed by atoms with Gasteiger partial charge in [-0.3, -0.25) is 4.79 Å². The lowest BCUT2D eigenvalue weighted by atomic mass is 10.2. The average Bonchev–Trinajstić information content (AvgIpc) is 3.14. The normalized spacial score (nSPS) is 11.7. The molecule has 0 aliphatic carbocycles. The van der Waals surface area contributed by atoms with Crippen molar-refractivity contribution in [2.45, 2.75) is 13.0 Å². The number of benzene rings is 2. The number of rotatable bonds is 5. The second-order valence-electron chi connectivity index (χ2n) is 5.93. The van der Waals surface area contributed by atoms with Crippen molar-refractivity contribution in [1.29, 1.82) is 0 Å². The number of halogens is 1. The topological polar surface area (TPSA) is 64.4 Å². The molecule has 1 aromatic heterocycles. The van der Waals surface area contributed by atoms with Crippen LogP contribution in [-0.2, 0) is 9.53 Å². The summed E-state index contributed by atoms with van der Waals surface area (Å²) < 4.78 is 7.84. The summed E-state index contributed by atoms with van der Waals surface area (Å²) in [6.07, 6.45) is 2.53.